The van der Waals surface area contributed by atoms with Crippen molar-refractivity contribution >= 4 is 5.91 Å². The number of carbonyl (C=O) groups is 1. The molecule has 0 bridgehead atoms. The zero-order chi connectivity index (χ0) is 15.6. The fraction of sp³-hybridized carbons (Fsp3) is 0.500. The lowest BCUT2D eigenvalue weighted by Crippen LogP contribution is -2.31. The average Bonchev–Trinajstić information content (AvgIpc) is 3.31. The van der Waals surface area contributed by atoms with Crippen molar-refractivity contribution in [1.29, 1.82) is 0 Å². The lowest BCUT2D eigenvalue weighted by molar-refractivity contribution is 0.0943. The summed E-state index contributed by atoms with van der Waals surface area (Å²) >= 11 is 0. The van der Waals surface area contributed by atoms with E-state index in [1.165, 1.54) is 38.4 Å². The molecule has 2 aliphatic carbocycles. The van der Waals surface area contributed by atoms with Gasteiger partial charge in [-0.2, -0.15) is 5.10 Å². The first kappa shape index (κ1) is 14.4. The zero-order valence-corrected chi connectivity index (χ0v) is 13.2. The number of hydrogen-bond donors (Lipinski definition) is 2. The highest BCUT2D eigenvalue weighted by molar-refractivity contribution is 5.94. The molecule has 120 valence electrons. The summed E-state index contributed by atoms with van der Waals surface area (Å²) in [5.74, 6) is 3.20. The standard InChI is InChI=1S/C18H22N4O/c23-18(19-10-15-9-4-12-2-1-3-16(12)15)14-7-5-13(6-8-14)17-20-11-21-22-17/h5-8,11-12,15-16H,1-4,9-10H2,(H,19,23)(H,20,21,22)/t12-,15+,16-/m0/s1. The molecular formula is C18H22N4O. The molecule has 2 N–H and O–H groups in total. The SMILES string of the molecule is O=C(NC[C@H]1CC[C@@H]2CCC[C@@H]21)c1ccc(-c2ncn[nH]2)cc1. The molecule has 3 atom stereocenters. The van der Waals surface area contributed by atoms with E-state index in [0.29, 0.717) is 11.5 Å². The Labute approximate surface area is 135 Å². The number of fused-ring (bicyclic) bond motifs is 1. The topological polar surface area (TPSA) is 70.7 Å². The molecule has 2 saturated carbocycles. The fourth-order valence-electron chi connectivity index (χ4n) is 4.39. The summed E-state index contributed by atoms with van der Waals surface area (Å²) in [6.45, 7) is 0.823. The first-order chi connectivity index (χ1) is 11.3. The maximum Gasteiger partial charge on any atom is 0.251 e. The first-order valence-electron chi connectivity index (χ1n) is 8.55. The summed E-state index contributed by atoms with van der Waals surface area (Å²) in [7, 11) is 0. The summed E-state index contributed by atoms with van der Waals surface area (Å²) in [6.07, 6.45) is 8.25. The molecular weight excluding hydrogens is 288 g/mol. The van der Waals surface area contributed by atoms with Crippen molar-refractivity contribution in [2.75, 3.05) is 6.54 Å². The number of nitrogens with zero attached hydrogens (tertiary/aromatic N) is 2. The van der Waals surface area contributed by atoms with E-state index in [9.17, 15) is 4.79 Å². The molecule has 1 amide bonds. The molecule has 23 heavy (non-hydrogen) atoms. The molecule has 1 heterocycles. The van der Waals surface area contributed by atoms with Crippen molar-refractivity contribution in [2.24, 2.45) is 17.8 Å². The van der Waals surface area contributed by atoms with E-state index in [1.54, 1.807) is 0 Å². The highest BCUT2D eigenvalue weighted by Gasteiger charge is 2.38. The van der Waals surface area contributed by atoms with Gasteiger partial charge in [-0.3, -0.25) is 9.89 Å². The number of aromatic nitrogens is 3. The highest BCUT2D eigenvalue weighted by atomic mass is 16.1. The molecule has 2 aliphatic rings. The molecule has 1 aromatic heterocycles. The number of rotatable bonds is 4. The van der Waals surface area contributed by atoms with Crippen LogP contribution < -0.4 is 5.32 Å². The third-order valence-corrected chi connectivity index (χ3v) is 5.59. The number of amides is 1. The van der Waals surface area contributed by atoms with Gasteiger partial charge in [-0.1, -0.05) is 25.0 Å². The Hall–Kier alpha value is -2.17. The lowest BCUT2D eigenvalue weighted by atomic mass is 9.92. The van der Waals surface area contributed by atoms with Gasteiger partial charge in [0.2, 0.25) is 0 Å². The maximum atomic E-state index is 12.3. The fourth-order valence-corrected chi connectivity index (χ4v) is 4.39. The normalized spacial score (nSPS) is 26.2. The van der Waals surface area contributed by atoms with Crippen LogP contribution in [0.5, 0.6) is 0 Å². The predicted molar refractivity (Wildman–Crippen MR) is 87.7 cm³/mol. The van der Waals surface area contributed by atoms with Crippen molar-refractivity contribution in [2.45, 2.75) is 32.1 Å². The van der Waals surface area contributed by atoms with Gasteiger partial charge in [0, 0.05) is 17.7 Å². The van der Waals surface area contributed by atoms with Crippen LogP contribution in [-0.4, -0.2) is 27.6 Å². The molecule has 5 heteroatoms. The largest absolute Gasteiger partial charge is 0.352 e. The molecule has 4 rings (SSSR count). The number of carbonyl (C=O) groups excluding carboxylic acids is 1. The van der Waals surface area contributed by atoms with Crippen LogP contribution in [0.4, 0.5) is 0 Å². The maximum absolute atomic E-state index is 12.3. The minimum absolute atomic E-state index is 0.0237. The third-order valence-electron chi connectivity index (χ3n) is 5.59. The molecule has 0 aliphatic heterocycles. The van der Waals surface area contributed by atoms with Crippen LogP contribution in [0.2, 0.25) is 0 Å². The minimum atomic E-state index is 0.0237. The van der Waals surface area contributed by atoms with Crippen molar-refractivity contribution in [3.8, 4) is 11.4 Å². The quantitative estimate of drug-likeness (QED) is 0.912. The second kappa shape index (κ2) is 6.14. The Kier molecular flexibility index (Phi) is 3.85. The smallest absolute Gasteiger partial charge is 0.251 e. The van der Waals surface area contributed by atoms with Gasteiger partial charge in [-0.25, -0.2) is 4.98 Å². The van der Waals surface area contributed by atoms with E-state index in [-0.39, 0.29) is 5.91 Å². The van der Waals surface area contributed by atoms with Crippen LogP contribution in [0, 0.1) is 17.8 Å². The van der Waals surface area contributed by atoms with Crippen LogP contribution in [-0.2, 0) is 0 Å². The van der Waals surface area contributed by atoms with E-state index in [0.717, 1.165) is 29.8 Å². The summed E-state index contributed by atoms with van der Waals surface area (Å²) in [5, 5.41) is 9.80. The van der Waals surface area contributed by atoms with E-state index in [1.807, 2.05) is 24.3 Å². The van der Waals surface area contributed by atoms with E-state index >= 15 is 0 Å². The van der Waals surface area contributed by atoms with Crippen LogP contribution in [0.3, 0.4) is 0 Å². The number of hydrogen-bond acceptors (Lipinski definition) is 3. The van der Waals surface area contributed by atoms with Gasteiger partial charge in [0.15, 0.2) is 5.82 Å². The van der Waals surface area contributed by atoms with E-state index < -0.39 is 0 Å². The van der Waals surface area contributed by atoms with Crippen molar-refractivity contribution in [3.63, 3.8) is 0 Å². The van der Waals surface area contributed by atoms with Crippen LogP contribution in [0.15, 0.2) is 30.6 Å². The Balaban J connectivity index is 1.36. The van der Waals surface area contributed by atoms with Crippen LogP contribution >= 0.6 is 0 Å². The summed E-state index contributed by atoms with van der Waals surface area (Å²) in [5.41, 5.74) is 1.64. The first-order valence-corrected chi connectivity index (χ1v) is 8.55. The van der Waals surface area contributed by atoms with Gasteiger partial charge in [-0.05, 0) is 49.1 Å². The molecule has 1 aromatic carbocycles. The molecule has 5 nitrogen and oxygen atoms in total. The molecule has 0 unspecified atom stereocenters. The van der Waals surface area contributed by atoms with Crippen LogP contribution in [0.1, 0.15) is 42.5 Å². The monoisotopic (exact) mass is 310 g/mol. The van der Waals surface area contributed by atoms with Crippen molar-refractivity contribution < 1.29 is 4.79 Å². The highest BCUT2D eigenvalue weighted by Crippen LogP contribution is 2.47. The third kappa shape index (κ3) is 2.87. The Morgan fingerprint density at radius 1 is 1.17 bits per heavy atom. The predicted octanol–water partition coefficient (Wildman–Crippen LogP) is 3.03. The number of aromatic amines is 1. The number of benzene rings is 1. The van der Waals surface area contributed by atoms with Crippen LogP contribution in [0.25, 0.3) is 11.4 Å². The second-order valence-electron chi connectivity index (χ2n) is 6.81. The Bertz CT molecular complexity index is 665. The van der Waals surface area contributed by atoms with Gasteiger partial charge in [0.25, 0.3) is 5.91 Å². The van der Waals surface area contributed by atoms with Gasteiger partial charge in [0.1, 0.15) is 6.33 Å². The number of nitrogens with one attached hydrogen (secondary N) is 2. The minimum Gasteiger partial charge on any atom is -0.352 e. The summed E-state index contributed by atoms with van der Waals surface area (Å²) in [6, 6.07) is 7.50. The molecule has 0 spiro atoms. The van der Waals surface area contributed by atoms with Crippen molar-refractivity contribution in [3.05, 3.63) is 36.2 Å². The molecule has 0 saturated heterocycles. The van der Waals surface area contributed by atoms with Gasteiger partial charge >= 0.3 is 0 Å². The zero-order valence-electron chi connectivity index (χ0n) is 13.2. The lowest BCUT2D eigenvalue weighted by Gasteiger charge is -2.19. The summed E-state index contributed by atoms with van der Waals surface area (Å²) < 4.78 is 0. The molecule has 2 aromatic rings. The van der Waals surface area contributed by atoms with Gasteiger partial charge in [0.05, 0.1) is 0 Å². The van der Waals surface area contributed by atoms with E-state index in [2.05, 4.69) is 20.5 Å². The molecule has 2 fully saturated rings. The van der Waals surface area contributed by atoms with Gasteiger partial charge < -0.3 is 5.32 Å². The van der Waals surface area contributed by atoms with Crippen molar-refractivity contribution in [1.82, 2.24) is 20.5 Å². The van der Waals surface area contributed by atoms with Gasteiger partial charge in [-0.15, -0.1) is 0 Å². The average molecular weight is 310 g/mol. The molecule has 0 radical (unpaired) electrons. The van der Waals surface area contributed by atoms with E-state index in [4.69, 9.17) is 0 Å². The Morgan fingerprint density at radius 2 is 2.04 bits per heavy atom. The summed E-state index contributed by atoms with van der Waals surface area (Å²) in [4.78, 5) is 16.5. The second-order valence-corrected chi connectivity index (χ2v) is 6.81. The number of H-pyrrole nitrogens is 1. The Morgan fingerprint density at radius 3 is 2.83 bits per heavy atom.